The molecule has 1 aromatic heterocycles. The molecule has 13 rings (SSSR count). The molecule has 0 atom stereocenters. The van der Waals surface area contributed by atoms with Crippen LogP contribution >= 0.6 is 0 Å². The lowest BCUT2D eigenvalue weighted by Gasteiger charge is -2.17. The molecule has 0 saturated heterocycles. The summed E-state index contributed by atoms with van der Waals surface area (Å²) < 4.78 is 2.41. The zero-order chi connectivity index (χ0) is 41.4. The van der Waals surface area contributed by atoms with Crippen LogP contribution < -0.4 is 0 Å². The van der Waals surface area contributed by atoms with Gasteiger partial charge in [-0.05, 0) is 117 Å². The second-order valence-corrected chi connectivity index (χ2v) is 16.8. The molecule has 0 bridgehead atoms. The molecule has 0 amide bonds. The highest BCUT2D eigenvalue weighted by Gasteiger charge is 2.18. The summed E-state index contributed by atoms with van der Waals surface area (Å²) in [5, 5.41) is 15.6. The molecule has 0 aliphatic carbocycles. The lowest BCUT2D eigenvalue weighted by atomic mass is 9.86. The van der Waals surface area contributed by atoms with Gasteiger partial charge < -0.3 is 4.57 Å². The Morgan fingerprint density at radius 3 is 1.14 bits per heavy atom. The molecule has 1 heterocycles. The molecular weight excluding hydrogens is 759 g/mol. The maximum absolute atomic E-state index is 2.42. The SMILES string of the molecule is c1ccc(-n2c3ccccc3c3cccc(-c4ccc(-c5ccc(-c6ccc(-c7ccc8c9ccccc9c9c%10ccccc%10c%10ccccc%10c9c8c7)cc6)cc5)cc4)c32)cc1. The topological polar surface area (TPSA) is 4.93 Å². The highest BCUT2D eigenvalue weighted by Crippen LogP contribution is 2.45. The number of nitrogens with zero attached hydrogens (tertiary/aromatic N) is 1. The van der Waals surface area contributed by atoms with Gasteiger partial charge in [-0.3, -0.25) is 0 Å². The Balaban J connectivity index is 0.834. The number of benzene rings is 12. The van der Waals surface area contributed by atoms with Gasteiger partial charge in [-0.25, -0.2) is 0 Å². The molecule has 0 fully saturated rings. The first-order valence-corrected chi connectivity index (χ1v) is 21.8. The molecule has 0 radical (unpaired) electrons. The van der Waals surface area contributed by atoms with Crippen molar-refractivity contribution in [1.82, 2.24) is 4.57 Å². The van der Waals surface area contributed by atoms with Crippen molar-refractivity contribution in [3.05, 3.63) is 237 Å². The van der Waals surface area contributed by atoms with Crippen LogP contribution in [0.4, 0.5) is 0 Å². The van der Waals surface area contributed by atoms with Gasteiger partial charge in [0.25, 0.3) is 0 Å². The third kappa shape index (κ3) is 5.57. The van der Waals surface area contributed by atoms with Gasteiger partial charge >= 0.3 is 0 Å². The Labute approximate surface area is 365 Å². The van der Waals surface area contributed by atoms with E-state index < -0.39 is 0 Å². The monoisotopic (exact) mass is 797 g/mol. The third-order valence-corrected chi connectivity index (χ3v) is 13.4. The minimum atomic E-state index is 1.17. The molecule has 63 heavy (non-hydrogen) atoms. The minimum Gasteiger partial charge on any atom is -0.309 e. The van der Waals surface area contributed by atoms with E-state index in [1.165, 1.54) is 126 Å². The lowest BCUT2D eigenvalue weighted by Crippen LogP contribution is -1.95. The van der Waals surface area contributed by atoms with E-state index in [1.54, 1.807) is 0 Å². The van der Waals surface area contributed by atoms with Crippen molar-refractivity contribution in [1.29, 1.82) is 0 Å². The molecule has 0 aliphatic rings. The zero-order valence-electron chi connectivity index (χ0n) is 34.5. The molecule has 0 spiro atoms. The predicted molar refractivity (Wildman–Crippen MR) is 270 cm³/mol. The first-order valence-electron chi connectivity index (χ1n) is 21.8. The molecule has 0 saturated carbocycles. The summed E-state index contributed by atoms with van der Waals surface area (Å²) in [6.45, 7) is 0. The normalized spacial score (nSPS) is 11.8. The van der Waals surface area contributed by atoms with Gasteiger partial charge in [-0.1, -0.05) is 212 Å². The molecule has 0 N–H and O–H groups in total. The van der Waals surface area contributed by atoms with Crippen LogP contribution in [0.3, 0.4) is 0 Å². The number of aromatic nitrogens is 1. The van der Waals surface area contributed by atoms with Crippen LogP contribution in [0, 0.1) is 0 Å². The molecule has 292 valence electrons. The predicted octanol–water partition coefficient (Wildman–Crippen LogP) is 17.2. The first kappa shape index (κ1) is 35.5. The molecule has 12 aromatic carbocycles. The van der Waals surface area contributed by atoms with Gasteiger partial charge in [0, 0.05) is 22.0 Å². The number of rotatable bonds is 5. The van der Waals surface area contributed by atoms with Gasteiger partial charge in [-0.15, -0.1) is 0 Å². The minimum absolute atomic E-state index is 1.17. The Morgan fingerprint density at radius 1 is 0.222 bits per heavy atom. The van der Waals surface area contributed by atoms with Crippen molar-refractivity contribution in [2.45, 2.75) is 0 Å². The van der Waals surface area contributed by atoms with Crippen molar-refractivity contribution in [2.75, 3.05) is 0 Å². The van der Waals surface area contributed by atoms with Crippen LogP contribution in [-0.2, 0) is 0 Å². The van der Waals surface area contributed by atoms with Gasteiger partial charge in [0.15, 0.2) is 0 Å². The highest BCUT2D eigenvalue weighted by molar-refractivity contribution is 6.39. The van der Waals surface area contributed by atoms with Crippen molar-refractivity contribution in [3.8, 4) is 50.2 Å². The Kier molecular flexibility index (Phi) is 7.98. The molecular formula is C62H39N. The van der Waals surface area contributed by atoms with E-state index in [-0.39, 0.29) is 0 Å². The molecule has 0 aliphatic heterocycles. The average molecular weight is 798 g/mol. The van der Waals surface area contributed by atoms with Crippen LogP contribution in [0.2, 0.25) is 0 Å². The first-order chi connectivity index (χ1) is 31.3. The van der Waals surface area contributed by atoms with E-state index in [2.05, 4.69) is 241 Å². The van der Waals surface area contributed by atoms with Gasteiger partial charge in [0.05, 0.1) is 11.0 Å². The Bertz CT molecular complexity index is 3900. The van der Waals surface area contributed by atoms with E-state index in [0.717, 1.165) is 0 Å². The summed E-state index contributed by atoms with van der Waals surface area (Å²) >= 11 is 0. The number of para-hydroxylation sites is 3. The average Bonchev–Trinajstić information content (AvgIpc) is 3.71. The van der Waals surface area contributed by atoms with E-state index in [1.807, 2.05) is 0 Å². The largest absolute Gasteiger partial charge is 0.309 e. The van der Waals surface area contributed by atoms with Crippen molar-refractivity contribution in [3.63, 3.8) is 0 Å². The summed E-state index contributed by atoms with van der Waals surface area (Å²) in [7, 11) is 0. The Hall–Kier alpha value is -8.26. The van der Waals surface area contributed by atoms with E-state index in [9.17, 15) is 0 Å². The van der Waals surface area contributed by atoms with Crippen LogP contribution in [0.5, 0.6) is 0 Å². The number of fused-ring (bicyclic) bond motifs is 14. The van der Waals surface area contributed by atoms with Crippen LogP contribution in [0.25, 0.3) is 126 Å². The van der Waals surface area contributed by atoms with Gasteiger partial charge in [-0.2, -0.15) is 0 Å². The summed E-state index contributed by atoms with van der Waals surface area (Å²) in [5.74, 6) is 0. The summed E-state index contributed by atoms with van der Waals surface area (Å²) in [6, 6.07) is 87.0. The fourth-order valence-corrected chi connectivity index (χ4v) is 10.5. The second kappa shape index (κ2) is 14.2. The molecule has 13 aromatic rings. The lowest BCUT2D eigenvalue weighted by molar-refractivity contribution is 1.18. The van der Waals surface area contributed by atoms with E-state index in [4.69, 9.17) is 0 Å². The van der Waals surface area contributed by atoms with Crippen LogP contribution in [0.15, 0.2) is 237 Å². The zero-order valence-corrected chi connectivity index (χ0v) is 34.5. The third-order valence-electron chi connectivity index (χ3n) is 13.4. The summed E-state index contributed by atoms with van der Waals surface area (Å²) in [6.07, 6.45) is 0. The quantitative estimate of drug-likeness (QED) is 0.153. The summed E-state index contributed by atoms with van der Waals surface area (Å²) in [4.78, 5) is 0. The van der Waals surface area contributed by atoms with Crippen molar-refractivity contribution in [2.24, 2.45) is 0 Å². The van der Waals surface area contributed by atoms with Crippen LogP contribution in [0.1, 0.15) is 0 Å². The smallest absolute Gasteiger partial charge is 0.0619 e. The van der Waals surface area contributed by atoms with Crippen molar-refractivity contribution >= 4 is 75.7 Å². The molecule has 0 unspecified atom stereocenters. The second-order valence-electron chi connectivity index (χ2n) is 16.8. The standard InChI is InChI=1S/C62H39N/c1-2-13-47(14-3-1)63-59-24-11-10-18-53(59)57-23-12-22-48(62(57)63)45-35-33-43(34-36-45)41-27-25-40(26-28-41)42-29-31-44(32-30-42)46-37-38-52-51-17-6-8-20-55(51)60-54-19-7-4-15-49(54)50-16-5-9-21-56(50)61(60)58(52)39-46/h1-39H. The van der Waals surface area contributed by atoms with Gasteiger partial charge in [0.2, 0.25) is 0 Å². The maximum atomic E-state index is 2.42. The number of hydrogen-bond acceptors (Lipinski definition) is 0. The fourth-order valence-electron chi connectivity index (χ4n) is 10.5. The van der Waals surface area contributed by atoms with Crippen molar-refractivity contribution < 1.29 is 0 Å². The fraction of sp³-hybridized carbons (Fsp3) is 0. The highest BCUT2D eigenvalue weighted by atomic mass is 15.0. The van der Waals surface area contributed by atoms with E-state index >= 15 is 0 Å². The van der Waals surface area contributed by atoms with Crippen LogP contribution in [-0.4, -0.2) is 4.57 Å². The maximum Gasteiger partial charge on any atom is 0.0619 e. The Morgan fingerprint density at radius 2 is 0.603 bits per heavy atom. The number of hydrogen-bond donors (Lipinski definition) is 0. The van der Waals surface area contributed by atoms with E-state index in [0.29, 0.717) is 0 Å². The molecule has 1 nitrogen and oxygen atoms in total. The molecule has 1 heteroatoms. The van der Waals surface area contributed by atoms with Gasteiger partial charge in [0.1, 0.15) is 0 Å². The summed E-state index contributed by atoms with van der Waals surface area (Å²) in [5.41, 5.74) is 13.3.